The normalized spacial score (nSPS) is 53.7. The molecule has 5 fully saturated rings. The Morgan fingerprint density at radius 1 is 0.800 bits per heavy atom. The highest BCUT2D eigenvalue weighted by atomic mass is 14.6. The molecule has 0 nitrogen and oxygen atoms in total. The van der Waals surface area contributed by atoms with Gasteiger partial charge in [0, 0.05) is 0 Å². The summed E-state index contributed by atoms with van der Waals surface area (Å²) in [7, 11) is 0. The first-order valence-corrected chi connectivity index (χ1v) is 14.2. The second kappa shape index (κ2) is 7.52. The Labute approximate surface area is 188 Å². The minimum absolute atomic E-state index is 0.665. The number of hydrogen-bond donors (Lipinski definition) is 0. The molecule has 0 amide bonds. The second-order valence-electron chi connectivity index (χ2n) is 14.1. The lowest BCUT2D eigenvalue weighted by Crippen LogP contribution is -2.53. The standard InChI is InChI=1S/C30H52/c1-20(2)30(19-22(30)4)18-14-21(3)25-12-13-26-24-11-10-23-9-7-8-16-28(23,5)27(24)15-17-29(25,26)6/h20-27H,7-19H2,1-6H3. The first kappa shape index (κ1) is 21.8. The van der Waals surface area contributed by atoms with E-state index in [1.807, 2.05) is 0 Å². The Balaban J connectivity index is 1.28. The van der Waals surface area contributed by atoms with Gasteiger partial charge in [0.1, 0.15) is 0 Å². The molecule has 0 aliphatic heterocycles. The van der Waals surface area contributed by atoms with Crippen LogP contribution in [0.15, 0.2) is 0 Å². The Hall–Kier alpha value is 0. The number of rotatable bonds is 5. The third kappa shape index (κ3) is 3.11. The molecule has 10 atom stereocenters. The van der Waals surface area contributed by atoms with E-state index in [4.69, 9.17) is 0 Å². The Morgan fingerprint density at radius 2 is 1.53 bits per heavy atom. The Bertz CT molecular complexity index is 634. The highest BCUT2D eigenvalue weighted by Gasteiger charge is 2.60. The molecule has 5 saturated carbocycles. The van der Waals surface area contributed by atoms with Crippen molar-refractivity contribution in [1.82, 2.24) is 0 Å². The predicted molar refractivity (Wildman–Crippen MR) is 129 cm³/mol. The van der Waals surface area contributed by atoms with Gasteiger partial charge >= 0.3 is 0 Å². The topological polar surface area (TPSA) is 0 Å². The van der Waals surface area contributed by atoms with Crippen LogP contribution in [0, 0.1) is 63.6 Å². The van der Waals surface area contributed by atoms with Gasteiger partial charge in [-0.15, -0.1) is 0 Å². The van der Waals surface area contributed by atoms with Crippen molar-refractivity contribution < 1.29 is 0 Å². The van der Waals surface area contributed by atoms with Crippen molar-refractivity contribution in [1.29, 1.82) is 0 Å². The largest absolute Gasteiger partial charge is 0.0622 e. The van der Waals surface area contributed by atoms with Gasteiger partial charge in [0.25, 0.3) is 0 Å². The summed E-state index contributed by atoms with van der Waals surface area (Å²) in [6, 6.07) is 0. The Kier molecular flexibility index (Phi) is 5.47. The molecule has 0 N–H and O–H groups in total. The van der Waals surface area contributed by atoms with E-state index in [-0.39, 0.29) is 0 Å². The fourth-order valence-electron chi connectivity index (χ4n) is 10.9. The second-order valence-corrected chi connectivity index (χ2v) is 14.1. The average Bonchev–Trinajstić information content (AvgIpc) is 3.24. The maximum absolute atomic E-state index is 2.77. The monoisotopic (exact) mass is 412 g/mol. The van der Waals surface area contributed by atoms with E-state index < -0.39 is 0 Å². The van der Waals surface area contributed by atoms with Crippen LogP contribution < -0.4 is 0 Å². The highest BCUT2D eigenvalue weighted by molar-refractivity contribution is 5.09. The van der Waals surface area contributed by atoms with E-state index in [0.29, 0.717) is 16.2 Å². The van der Waals surface area contributed by atoms with Crippen LogP contribution in [0.1, 0.15) is 125 Å². The lowest BCUT2D eigenvalue weighted by atomic mass is 9.44. The van der Waals surface area contributed by atoms with Crippen LogP contribution in [-0.4, -0.2) is 0 Å². The molecule has 0 heteroatoms. The fourth-order valence-corrected chi connectivity index (χ4v) is 10.9. The molecule has 0 aromatic carbocycles. The van der Waals surface area contributed by atoms with Gasteiger partial charge in [-0.05, 0) is 134 Å². The lowest BCUT2D eigenvalue weighted by molar-refractivity contribution is -0.114. The summed E-state index contributed by atoms with van der Waals surface area (Å²) < 4.78 is 0. The molecule has 0 heterocycles. The molecule has 0 aromatic rings. The van der Waals surface area contributed by atoms with Crippen molar-refractivity contribution in [3.8, 4) is 0 Å². The quantitative estimate of drug-likeness (QED) is 0.422. The molecule has 5 aliphatic carbocycles. The van der Waals surface area contributed by atoms with Crippen LogP contribution in [0.4, 0.5) is 0 Å². The van der Waals surface area contributed by atoms with Crippen LogP contribution in [0.2, 0.25) is 0 Å². The molecule has 5 rings (SSSR count). The molecule has 0 spiro atoms. The van der Waals surface area contributed by atoms with Gasteiger partial charge in [0.05, 0.1) is 0 Å². The zero-order valence-corrected chi connectivity index (χ0v) is 21.3. The van der Waals surface area contributed by atoms with E-state index in [1.54, 1.807) is 51.4 Å². The van der Waals surface area contributed by atoms with Gasteiger partial charge in [-0.25, -0.2) is 0 Å². The van der Waals surface area contributed by atoms with Crippen LogP contribution >= 0.6 is 0 Å². The molecule has 0 radical (unpaired) electrons. The summed E-state index contributed by atoms with van der Waals surface area (Å²) in [6.45, 7) is 15.7. The summed E-state index contributed by atoms with van der Waals surface area (Å²) >= 11 is 0. The third-order valence-electron chi connectivity index (χ3n) is 13.1. The van der Waals surface area contributed by atoms with Crippen LogP contribution in [0.5, 0.6) is 0 Å². The van der Waals surface area contributed by atoms with Crippen molar-refractivity contribution in [2.75, 3.05) is 0 Å². The molecule has 0 bridgehead atoms. The minimum Gasteiger partial charge on any atom is -0.0622 e. The summed E-state index contributed by atoms with van der Waals surface area (Å²) in [5.41, 5.74) is 2.08. The van der Waals surface area contributed by atoms with E-state index in [1.165, 1.54) is 32.1 Å². The summed E-state index contributed by atoms with van der Waals surface area (Å²) in [6.07, 6.45) is 20.1. The zero-order valence-electron chi connectivity index (χ0n) is 21.3. The van der Waals surface area contributed by atoms with Crippen LogP contribution in [0.25, 0.3) is 0 Å². The van der Waals surface area contributed by atoms with E-state index >= 15 is 0 Å². The molecule has 30 heavy (non-hydrogen) atoms. The first-order chi connectivity index (χ1) is 14.2. The third-order valence-corrected chi connectivity index (χ3v) is 13.1. The molecule has 10 unspecified atom stereocenters. The van der Waals surface area contributed by atoms with Gasteiger partial charge in [0.15, 0.2) is 0 Å². The first-order valence-electron chi connectivity index (χ1n) is 14.2. The van der Waals surface area contributed by atoms with Crippen LogP contribution in [0.3, 0.4) is 0 Å². The number of hydrogen-bond acceptors (Lipinski definition) is 0. The van der Waals surface area contributed by atoms with Crippen molar-refractivity contribution >= 4 is 0 Å². The molecule has 0 aromatic heterocycles. The van der Waals surface area contributed by atoms with Crippen molar-refractivity contribution in [3.63, 3.8) is 0 Å². The van der Waals surface area contributed by atoms with Gasteiger partial charge in [-0.1, -0.05) is 54.4 Å². The smallest absolute Gasteiger partial charge is 0.0246 e. The Morgan fingerprint density at radius 3 is 2.23 bits per heavy atom. The van der Waals surface area contributed by atoms with Crippen molar-refractivity contribution in [2.45, 2.75) is 125 Å². The molecule has 172 valence electrons. The SMILES string of the molecule is CC(CCC1(C(C)C)CC1C)C1CCC2C3CCC4CCCCC4(C)C3CCC12C. The number of fused-ring (bicyclic) bond motifs is 5. The fraction of sp³-hybridized carbons (Fsp3) is 1.00. The lowest BCUT2D eigenvalue weighted by Gasteiger charge is -2.61. The van der Waals surface area contributed by atoms with Gasteiger partial charge < -0.3 is 0 Å². The molecular weight excluding hydrogens is 360 g/mol. The molecular formula is C30H52. The van der Waals surface area contributed by atoms with E-state index in [2.05, 4.69) is 41.5 Å². The summed E-state index contributed by atoms with van der Waals surface area (Å²) in [5.74, 6) is 8.10. The maximum Gasteiger partial charge on any atom is -0.0246 e. The summed E-state index contributed by atoms with van der Waals surface area (Å²) in [5, 5.41) is 0. The molecule has 5 aliphatic rings. The highest BCUT2D eigenvalue weighted by Crippen LogP contribution is 2.69. The summed E-state index contributed by atoms with van der Waals surface area (Å²) in [4.78, 5) is 0. The van der Waals surface area contributed by atoms with Gasteiger partial charge in [0.2, 0.25) is 0 Å². The zero-order chi connectivity index (χ0) is 21.3. The van der Waals surface area contributed by atoms with Crippen molar-refractivity contribution in [3.05, 3.63) is 0 Å². The van der Waals surface area contributed by atoms with Gasteiger partial charge in [-0.2, -0.15) is 0 Å². The van der Waals surface area contributed by atoms with Crippen LogP contribution in [-0.2, 0) is 0 Å². The van der Waals surface area contributed by atoms with E-state index in [0.717, 1.165) is 47.3 Å². The minimum atomic E-state index is 0.665. The van der Waals surface area contributed by atoms with Crippen molar-refractivity contribution in [2.24, 2.45) is 63.6 Å². The molecule has 0 saturated heterocycles. The van der Waals surface area contributed by atoms with E-state index in [9.17, 15) is 0 Å². The predicted octanol–water partition coefficient (Wildman–Crippen LogP) is 9.13. The average molecular weight is 413 g/mol. The maximum atomic E-state index is 2.77. The van der Waals surface area contributed by atoms with Gasteiger partial charge in [-0.3, -0.25) is 0 Å².